The van der Waals surface area contributed by atoms with Crippen LogP contribution < -0.4 is 10.6 Å². The maximum Gasteiger partial charge on any atom is 0.407 e. The zero-order chi connectivity index (χ0) is 15.8. The topological polar surface area (TPSA) is 87.7 Å². The number of hydrogen-bond donors (Lipinski definition) is 3. The van der Waals surface area contributed by atoms with Crippen LogP contribution >= 0.6 is 0 Å². The Morgan fingerprint density at radius 1 is 1.30 bits per heavy atom. The highest BCUT2D eigenvalue weighted by molar-refractivity contribution is 5.68. The van der Waals surface area contributed by atoms with Gasteiger partial charge in [-0.15, -0.1) is 0 Å². The molecule has 20 heavy (non-hydrogen) atoms. The monoisotopic (exact) mass is 288 g/mol. The number of ether oxygens (including phenoxy) is 1. The molecule has 0 saturated heterocycles. The van der Waals surface area contributed by atoms with Gasteiger partial charge in [0.2, 0.25) is 0 Å². The first-order valence-electron chi connectivity index (χ1n) is 7.08. The molecule has 0 fully saturated rings. The minimum Gasteiger partial charge on any atom is -0.481 e. The predicted molar refractivity (Wildman–Crippen MR) is 77.8 cm³/mol. The van der Waals surface area contributed by atoms with Gasteiger partial charge in [-0.05, 0) is 40.5 Å². The Labute approximate surface area is 121 Å². The van der Waals surface area contributed by atoms with Crippen molar-refractivity contribution in [2.24, 2.45) is 0 Å². The van der Waals surface area contributed by atoms with Gasteiger partial charge >= 0.3 is 12.1 Å². The van der Waals surface area contributed by atoms with E-state index in [9.17, 15) is 9.59 Å². The molecule has 0 aromatic heterocycles. The van der Waals surface area contributed by atoms with E-state index in [1.54, 1.807) is 0 Å². The van der Waals surface area contributed by atoms with E-state index in [1.165, 1.54) is 0 Å². The summed E-state index contributed by atoms with van der Waals surface area (Å²) in [4.78, 5) is 22.1. The van der Waals surface area contributed by atoms with Crippen LogP contribution in [0.2, 0.25) is 0 Å². The molecular formula is C14H28N2O4. The normalized spacial score (nSPS) is 14.4. The Balaban J connectivity index is 4.03. The maximum absolute atomic E-state index is 11.6. The molecule has 6 heteroatoms. The van der Waals surface area contributed by atoms with Crippen LogP contribution in [-0.4, -0.2) is 41.4 Å². The number of carboxylic acids is 1. The fraction of sp³-hybridized carbons (Fsp3) is 0.857. The molecule has 0 aliphatic carbocycles. The van der Waals surface area contributed by atoms with Gasteiger partial charge < -0.3 is 20.5 Å². The Morgan fingerprint density at radius 3 is 2.35 bits per heavy atom. The number of hydrogen-bond acceptors (Lipinski definition) is 4. The molecule has 0 rings (SSSR count). The molecule has 0 saturated carbocycles. The summed E-state index contributed by atoms with van der Waals surface area (Å²) in [5, 5.41) is 14.6. The van der Waals surface area contributed by atoms with Crippen molar-refractivity contribution in [2.75, 3.05) is 6.54 Å². The van der Waals surface area contributed by atoms with Crippen LogP contribution in [0.5, 0.6) is 0 Å². The largest absolute Gasteiger partial charge is 0.481 e. The number of alkyl carbamates (subject to hydrolysis) is 1. The summed E-state index contributed by atoms with van der Waals surface area (Å²) in [6.07, 6.45) is 1.06. The van der Waals surface area contributed by atoms with Gasteiger partial charge in [-0.3, -0.25) is 4.79 Å². The van der Waals surface area contributed by atoms with E-state index in [0.29, 0.717) is 13.0 Å². The van der Waals surface area contributed by atoms with E-state index < -0.39 is 17.7 Å². The van der Waals surface area contributed by atoms with Gasteiger partial charge in [-0.1, -0.05) is 6.92 Å². The van der Waals surface area contributed by atoms with Gasteiger partial charge in [-0.2, -0.15) is 0 Å². The first kappa shape index (κ1) is 18.7. The molecule has 0 aliphatic rings. The van der Waals surface area contributed by atoms with Gasteiger partial charge in [0.05, 0.1) is 0 Å². The van der Waals surface area contributed by atoms with E-state index in [-0.39, 0.29) is 18.5 Å². The second-order valence-corrected chi connectivity index (χ2v) is 5.99. The third kappa shape index (κ3) is 10.6. The first-order chi connectivity index (χ1) is 9.14. The quantitative estimate of drug-likeness (QED) is 0.637. The van der Waals surface area contributed by atoms with E-state index in [4.69, 9.17) is 9.84 Å². The molecule has 2 atom stereocenters. The van der Waals surface area contributed by atoms with Gasteiger partial charge in [-0.25, -0.2) is 4.79 Å². The van der Waals surface area contributed by atoms with Crippen LogP contribution in [0.3, 0.4) is 0 Å². The lowest BCUT2D eigenvalue weighted by molar-refractivity contribution is -0.137. The molecule has 118 valence electrons. The third-order valence-electron chi connectivity index (χ3n) is 2.72. The SMILES string of the molecule is CCC(CNC(C)CCC(=O)O)NC(=O)OC(C)(C)C. The van der Waals surface area contributed by atoms with Crippen LogP contribution in [0.1, 0.15) is 53.9 Å². The molecule has 6 nitrogen and oxygen atoms in total. The minimum atomic E-state index is -0.794. The Morgan fingerprint density at radius 2 is 1.90 bits per heavy atom. The molecule has 0 aromatic rings. The minimum absolute atomic E-state index is 0.0304. The Kier molecular flexibility index (Phi) is 8.22. The van der Waals surface area contributed by atoms with Crippen molar-refractivity contribution in [1.29, 1.82) is 0 Å². The highest BCUT2D eigenvalue weighted by Gasteiger charge is 2.19. The van der Waals surface area contributed by atoms with E-state index in [0.717, 1.165) is 6.42 Å². The van der Waals surface area contributed by atoms with Gasteiger partial charge in [0, 0.05) is 25.0 Å². The van der Waals surface area contributed by atoms with Gasteiger partial charge in [0.1, 0.15) is 5.60 Å². The number of nitrogens with one attached hydrogen (secondary N) is 2. The highest BCUT2D eigenvalue weighted by atomic mass is 16.6. The van der Waals surface area contributed by atoms with Crippen molar-refractivity contribution < 1.29 is 19.4 Å². The van der Waals surface area contributed by atoms with E-state index in [1.807, 2.05) is 34.6 Å². The third-order valence-corrected chi connectivity index (χ3v) is 2.72. The number of amides is 1. The second kappa shape index (κ2) is 8.79. The molecule has 2 unspecified atom stereocenters. The van der Waals surface area contributed by atoms with Crippen molar-refractivity contribution in [3.8, 4) is 0 Å². The van der Waals surface area contributed by atoms with Crippen LogP contribution in [0.25, 0.3) is 0 Å². The van der Waals surface area contributed by atoms with Crippen LogP contribution in [0.15, 0.2) is 0 Å². The number of carboxylic acid groups (broad SMARTS) is 1. The average molecular weight is 288 g/mol. The standard InChI is InChI=1S/C14H28N2O4/c1-6-11(16-13(19)20-14(3,4)5)9-15-10(2)7-8-12(17)18/h10-11,15H,6-9H2,1-5H3,(H,16,19)(H,17,18). The summed E-state index contributed by atoms with van der Waals surface area (Å²) >= 11 is 0. The molecule has 0 aromatic carbocycles. The van der Waals surface area contributed by atoms with Crippen LogP contribution in [0, 0.1) is 0 Å². The zero-order valence-electron chi connectivity index (χ0n) is 13.2. The Hall–Kier alpha value is -1.30. The summed E-state index contributed by atoms with van der Waals surface area (Å²) in [7, 11) is 0. The van der Waals surface area contributed by atoms with Crippen LogP contribution in [-0.2, 0) is 9.53 Å². The van der Waals surface area contributed by atoms with Crippen molar-refractivity contribution in [1.82, 2.24) is 10.6 Å². The smallest absolute Gasteiger partial charge is 0.407 e. The lowest BCUT2D eigenvalue weighted by Gasteiger charge is -2.24. The summed E-state index contributed by atoms with van der Waals surface area (Å²) in [5.41, 5.74) is -0.509. The summed E-state index contributed by atoms with van der Waals surface area (Å²) in [6, 6.07) is 0.0673. The van der Waals surface area contributed by atoms with E-state index >= 15 is 0 Å². The lowest BCUT2D eigenvalue weighted by atomic mass is 10.1. The molecule has 3 N–H and O–H groups in total. The molecule has 0 radical (unpaired) electrons. The highest BCUT2D eigenvalue weighted by Crippen LogP contribution is 2.07. The van der Waals surface area contributed by atoms with Gasteiger partial charge in [0.25, 0.3) is 0 Å². The predicted octanol–water partition coefficient (Wildman–Crippen LogP) is 2.13. The summed E-state index contributed by atoms with van der Waals surface area (Å²) < 4.78 is 5.20. The van der Waals surface area contributed by atoms with Crippen molar-refractivity contribution in [3.05, 3.63) is 0 Å². The zero-order valence-corrected chi connectivity index (χ0v) is 13.2. The summed E-state index contributed by atoms with van der Waals surface area (Å²) in [6.45, 7) is 9.96. The van der Waals surface area contributed by atoms with Crippen molar-refractivity contribution in [3.63, 3.8) is 0 Å². The molecule has 0 bridgehead atoms. The number of rotatable bonds is 8. The Bertz CT molecular complexity index is 313. The second-order valence-electron chi connectivity index (χ2n) is 5.99. The number of carbonyl (C=O) groups excluding carboxylic acids is 1. The molecule has 0 aliphatic heterocycles. The maximum atomic E-state index is 11.6. The van der Waals surface area contributed by atoms with E-state index in [2.05, 4.69) is 10.6 Å². The number of aliphatic carboxylic acids is 1. The van der Waals surface area contributed by atoms with Gasteiger partial charge in [0.15, 0.2) is 0 Å². The lowest BCUT2D eigenvalue weighted by Crippen LogP contribution is -2.45. The molecule has 1 amide bonds. The first-order valence-corrected chi connectivity index (χ1v) is 7.08. The fourth-order valence-corrected chi connectivity index (χ4v) is 1.56. The molecular weight excluding hydrogens is 260 g/mol. The van der Waals surface area contributed by atoms with Crippen molar-refractivity contribution >= 4 is 12.1 Å². The average Bonchev–Trinajstić information content (AvgIpc) is 2.29. The summed E-state index contributed by atoms with van der Waals surface area (Å²) in [5.74, 6) is -0.794. The van der Waals surface area contributed by atoms with Crippen LogP contribution in [0.4, 0.5) is 4.79 Å². The molecule has 0 heterocycles. The fourth-order valence-electron chi connectivity index (χ4n) is 1.56. The number of carbonyl (C=O) groups is 2. The molecule has 0 spiro atoms. The van der Waals surface area contributed by atoms with Crippen molar-refractivity contribution in [2.45, 2.75) is 71.6 Å².